The largest absolute Gasteiger partial charge is 0.377 e. The Morgan fingerprint density at radius 3 is 2.84 bits per heavy atom. The van der Waals surface area contributed by atoms with Crippen molar-refractivity contribution in [2.24, 2.45) is 0 Å². The molecule has 1 amide bonds. The second-order valence-corrected chi connectivity index (χ2v) is 7.77. The molecule has 0 radical (unpaired) electrons. The number of amides is 1. The van der Waals surface area contributed by atoms with Gasteiger partial charge in [-0.3, -0.25) is 9.78 Å². The van der Waals surface area contributed by atoms with E-state index in [1.807, 2.05) is 61.8 Å². The fraction of sp³-hybridized carbons (Fsp3) is 0.200. The van der Waals surface area contributed by atoms with Crippen LogP contribution in [-0.2, 0) is 17.9 Å². The Morgan fingerprint density at radius 2 is 1.97 bits per heavy atom. The number of aryl methyl sites for hydroxylation is 2. The zero-order valence-electron chi connectivity index (χ0n) is 17.8. The molecule has 0 atom stereocenters. The number of aromatic nitrogens is 4. The molecule has 1 aliphatic rings. The highest BCUT2D eigenvalue weighted by molar-refractivity contribution is 6.05. The first-order valence-corrected chi connectivity index (χ1v) is 10.6. The Bertz CT molecular complexity index is 1260. The van der Waals surface area contributed by atoms with Crippen LogP contribution in [-0.4, -0.2) is 32.0 Å². The average Bonchev–Trinajstić information content (AvgIpc) is 3.28. The molecule has 7 nitrogen and oxygen atoms in total. The van der Waals surface area contributed by atoms with E-state index in [0.717, 1.165) is 41.2 Å². The molecule has 1 aromatic carbocycles. The van der Waals surface area contributed by atoms with Gasteiger partial charge in [-0.25, -0.2) is 9.97 Å². The fourth-order valence-electron chi connectivity index (χ4n) is 3.79. The predicted molar refractivity (Wildman–Crippen MR) is 122 cm³/mol. The number of nitrogens with zero attached hydrogens (tertiary/aromatic N) is 4. The minimum Gasteiger partial charge on any atom is -0.377 e. The Labute approximate surface area is 186 Å². The van der Waals surface area contributed by atoms with Gasteiger partial charge in [-0.15, -0.1) is 0 Å². The topological polar surface area (TPSA) is 81.9 Å². The van der Waals surface area contributed by atoms with Gasteiger partial charge in [0, 0.05) is 48.6 Å². The lowest BCUT2D eigenvalue weighted by atomic mass is 9.99. The summed E-state index contributed by atoms with van der Waals surface area (Å²) in [6.45, 7) is 3.67. The van der Waals surface area contributed by atoms with Crippen LogP contribution in [0, 0.1) is 6.92 Å². The van der Waals surface area contributed by atoms with E-state index in [9.17, 15) is 4.79 Å². The summed E-state index contributed by atoms with van der Waals surface area (Å²) in [6.07, 6.45) is 6.35. The van der Waals surface area contributed by atoms with Crippen LogP contribution in [0.3, 0.4) is 0 Å². The van der Waals surface area contributed by atoms with Crippen molar-refractivity contribution in [3.63, 3.8) is 0 Å². The van der Waals surface area contributed by atoms with Crippen LogP contribution in [0.2, 0.25) is 0 Å². The summed E-state index contributed by atoms with van der Waals surface area (Å²) < 4.78 is 7.97. The lowest BCUT2D eigenvalue weighted by Gasteiger charge is -2.15. The van der Waals surface area contributed by atoms with Gasteiger partial charge in [0.15, 0.2) is 5.82 Å². The van der Waals surface area contributed by atoms with Gasteiger partial charge in [0.25, 0.3) is 5.91 Å². The summed E-state index contributed by atoms with van der Waals surface area (Å²) in [5.41, 5.74) is 4.95. The van der Waals surface area contributed by atoms with Crippen molar-refractivity contribution in [3.8, 4) is 22.6 Å². The third kappa shape index (κ3) is 4.15. The molecule has 5 rings (SSSR count). The summed E-state index contributed by atoms with van der Waals surface area (Å²) in [6, 6.07) is 15.4. The standard InChI is InChI=1S/C25H23N5O2/c1-17-6-7-19(15-27-17)18-8-9-20-16-32-13-3-11-30-12-10-26-24(30)22-4-2-5-23(28-22)29-25(31)21(20)14-18/h2,4-10,12,14-15H,3,11,13,16H2,1H3,(H,28,29,31). The molecule has 7 heteroatoms. The van der Waals surface area contributed by atoms with E-state index in [1.54, 1.807) is 12.3 Å². The maximum Gasteiger partial charge on any atom is 0.257 e. The zero-order chi connectivity index (χ0) is 21.9. The molecule has 3 aromatic heterocycles. The SMILES string of the molecule is Cc1ccc(-c2ccc3c(c2)C(=O)Nc2cccc(n2)-c2nccn2CCCOC3)cn1. The molecule has 0 aliphatic carbocycles. The lowest BCUT2D eigenvalue weighted by molar-refractivity contribution is 0.1000. The van der Waals surface area contributed by atoms with Gasteiger partial charge in [-0.2, -0.15) is 0 Å². The molecule has 0 saturated heterocycles. The zero-order valence-corrected chi connectivity index (χ0v) is 17.8. The highest BCUT2D eigenvalue weighted by atomic mass is 16.5. The predicted octanol–water partition coefficient (Wildman–Crippen LogP) is 4.49. The van der Waals surface area contributed by atoms with Crippen LogP contribution in [0.25, 0.3) is 22.6 Å². The minimum atomic E-state index is -0.226. The van der Waals surface area contributed by atoms with E-state index in [2.05, 4.69) is 24.8 Å². The fourth-order valence-corrected chi connectivity index (χ4v) is 3.79. The summed E-state index contributed by atoms with van der Waals surface area (Å²) in [4.78, 5) is 26.7. The van der Waals surface area contributed by atoms with Gasteiger partial charge < -0.3 is 14.6 Å². The molecule has 1 N–H and O–H groups in total. The molecule has 4 aromatic rings. The van der Waals surface area contributed by atoms with Crippen molar-refractivity contribution >= 4 is 11.7 Å². The number of hydrogen-bond donors (Lipinski definition) is 1. The van der Waals surface area contributed by atoms with Gasteiger partial charge in [0.1, 0.15) is 11.5 Å². The summed E-state index contributed by atoms with van der Waals surface area (Å²) in [5.74, 6) is 1.02. The van der Waals surface area contributed by atoms with E-state index >= 15 is 0 Å². The number of ether oxygens (including phenoxy) is 1. The third-order valence-electron chi connectivity index (χ3n) is 5.48. The van der Waals surface area contributed by atoms with E-state index in [0.29, 0.717) is 30.3 Å². The molecule has 0 spiro atoms. The van der Waals surface area contributed by atoms with Gasteiger partial charge >= 0.3 is 0 Å². The number of imidazole rings is 1. The number of carbonyl (C=O) groups is 1. The van der Waals surface area contributed by atoms with Crippen molar-refractivity contribution in [3.05, 3.63) is 83.9 Å². The second-order valence-electron chi connectivity index (χ2n) is 7.77. The van der Waals surface area contributed by atoms with Crippen molar-refractivity contribution in [2.75, 3.05) is 11.9 Å². The van der Waals surface area contributed by atoms with Gasteiger partial charge in [-0.1, -0.05) is 24.3 Å². The summed E-state index contributed by atoms with van der Waals surface area (Å²) in [5, 5.41) is 2.94. The van der Waals surface area contributed by atoms with Crippen molar-refractivity contribution < 1.29 is 9.53 Å². The molecular formula is C25H23N5O2. The number of anilines is 1. The average molecular weight is 425 g/mol. The maximum atomic E-state index is 13.3. The first-order valence-electron chi connectivity index (χ1n) is 10.6. The number of pyridine rings is 2. The molecule has 0 unspecified atom stereocenters. The first-order chi connectivity index (χ1) is 15.7. The normalized spacial score (nSPS) is 14.1. The van der Waals surface area contributed by atoms with E-state index in [-0.39, 0.29) is 5.91 Å². The monoisotopic (exact) mass is 425 g/mol. The van der Waals surface area contributed by atoms with Crippen LogP contribution in [0.1, 0.15) is 28.0 Å². The number of hydrogen-bond acceptors (Lipinski definition) is 5. The van der Waals surface area contributed by atoms with Crippen LogP contribution >= 0.6 is 0 Å². The quantitative estimate of drug-likeness (QED) is 0.486. The molecule has 2 bridgehead atoms. The van der Waals surface area contributed by atoms with Crippen molar-refractivity contribution in [1.29, 1.82) is 0 Å². The summed E-state index contributed by atoms with van der Waals surface area (Å²) in [7, 11) is 0. The number of nitrogens with one attached hydrogen (secondary N) is 1. The molecule has 4 heterocycles. The first kappa shape index (κ1) is 20.1. The molecule has 32 heavy (non-hydrogen) atoms. The van der Waals surface area contributed by atoms with E-state index < -0.39 is 0 Å². The van der Waals surface area contributed by atoms with Crippen LogP contribution in [0.4, 0.5) is 5.82 Å². The summed E-state index contributed by atoms with van der Waals surface area (Å²) >= 11 is 0. The van der Waals surface area contributed by atoms with Crippen LogP contribution in [0.5, 0.6) is 0 Å². The lowest BCUT2D eigenvalue weighted by Crippen LogP contribution is -2.17. The number of carbonyl (C=O) groups excluding carboxylic acids is 1. The minimum absolute atomic E-state index is 0.226. The molecule has 160 valence electrons. The molecule has 0 saturated carbocycles. The second kappa shape index (κ2) is 8.72. The number of fused-ring (bicyclic) bond motifs is 5. The van der Waals surface area contributed by atoms with Crippen LogP contribution in [0.15, 0.2) is 67.1 Å². The number of rotatable bonds is 1. The van der Waals surface area contributed by atoms with Gasteiger partial charge in [0.05, 0.1) is 6.61 Å². The Kier molecular flexibility index (Phi) is 5.47. The van der Waals surface area contributed by atoms with Crippen LogP contribution < -0.4 is 5.32 Å². The molecule has 0 fully saturated rings. The molecule has 1 aliphatic heterocycles. The number of benzene rings is 1. The highest BCUT2D eigenvalue weighted by Crippen LogP contribution is 2.25. The van der Waals surface area contributed by atoms with E-state index in [1.165, 1.54) is 0 Å². The Morgan fingerprint density at radius 1 is 1.06 bits per heavy atom. The van der Waals surface area contributed by atoms with Crippen molar-refractivity contribution in [1.82, 2.24) is 19.5 Å². The van der Waals surface area contributed by atoms with E-state index in [4.69, 9.17) is 4.74 Å². The third-order valence-corrected chi connectivity index (χ3v) is 5.48. The molecular weight excluding hydrogens is 402 g/mol. The van der Waals surface area contributed by atoms with Gasteiger partial charge in [0.2, 0.25) is 0 Å². The Balaban J connectivity index is 1.53. The van der Waals surface area contributed by atoms with Gasteiger partial charge in [-0.05, 0) is 48.7 Å². The Hall–Kier alpha value is -3.84. The highest BCUT2D eigenvalue weighted by Gasteiger charge is 2.16. The smallest absolute Gasteiger partial charge is 0.257 e. The van der Waals surface area contributed by atoms with Crippen molar-refractivity contribution in [2.45, 2.75) is 26.5 Å². The maximum absolute atomic E-state index is 13.3.